The van der Waals surface area contributed by atoms with Gasteiger partial charge in [0.15, 0.2) is 6.49 Å². The maximum Gasteiger partial charge on any atom is 0.183 e. The summed E-state index contributed by atoms with van der Waals surface area (Å²) in [6.45, 7) is -1.53. The van der Waals surface area contributed by atoms with Crippen LogP contribution in [-0.4, -0.2) is 11.7 Å². The zero-order valence-electron chi connectivity index (χ0n) is 6.53. The first kappa shape index (κ1) is 5.58. The van der Waals surface area contributed by atoms with Gasteiger partial charge in [0.05, 0.1) is 8.31 Å². The van der Waals surface area contributed by atoms with Crippen molar-refractivity contribution in [3.05, 3.63) is 0 Å². The van der Waals surface area contributed by atoms with Crippen LogP contribution in [0.25, 0.3) is 0 Å². The van der Waals surface area contributed by atoms with E-state index >= 15 is 0 Å². The minimum atomic E-state index is -3.31. The molecule has 0 saturated carbocycles. The van der Waals surface area contributed by atoms with Crippen LogP contribution in [-0.2, 0) is 4.57 Å². The molecule has 0 radical (unpaired) electrons. The van der Waals surface area contributed by atoms with Crippen molar-refractivity contribution in [1.29, 1.82) is 0 Å². The van der Waals surface area contributed by atoms with Gasteiger partial charge in [0.2, 0.25) is 0 Å². The average molecular weight is 177 g/mol. The van der Waals surface area contributed by atoms with Crippen molar-refractivity contribution in [3.63, 3.8) is 0 Å². The number of hydrogen-bond acceptors (Lipinski definition) is 1. The minimum absolute atomic E-state index is 0.144. The van der Waals surface area contributed by atoms with E-state index in [1.807, 2.05) is 0 Å². The van der Waals surface area contributed by atoms with E-state index in [0.29, 0.717) is 6.42 Å². The second-order valence-electron chi connectivity index (χ2n) is 1.46. The summed E-state index contributed by atoms with van der Waals surface area (Å²) < 4.78 is 24.8. The standard InChI is InChI=1S/C4H9Cl2OP/c1-2-3-8(6,7)4-5/h2-4H2,1H3/i4D2. The quantitative estimate of drug-likeness (QED) is 0.478. The molecule has 0 saturated heterocycles. The van der Waals surface area contributed by atoms with E-state index in [9.17, 15) is 4.57 Å². The fraction of sp³-hybridized carbons (Fsp3) is 1.00. The number of alkyl halides is 1. The Morgan fingerprint density at radius 1 is 1.88 bits per heavy atom. The molecule has 1 atom stereocenters. The summed E-state index contributed by atoms with van der Waals surface area (Å²) in [6, 6.07) is 0. The Hall–Kier alpha value is 0.810. The summed E-state index contributed by atoms with van der Waals surface area (Å²) in [6.07, 6.45) is 0.720. The molecule has 4 heteroatoms. The number of rotatable bonds is 3. The second-order valence-corrected chi connectivity index (χ2v) is 5.52. The second kappa shape index (κ2) is 3.76. The van der Waals surface area contributed by atoms with Gasteiger partial charge in [0, 0.05) is 6.16 Å². The predicted octanol–water partition coefficient (Wildman–Crippen LogP) is 3.11. The van der Waals surface area contributed by atoms with Gasteiger partial charge in [-0.1, -0.05) is 18.2 Å². The molecule has 0 aliphatic carbocycles. The topological polar surface area (TPSA) is 17.1 Å². The van der Waals surface area contributed by atoms with Crippen LogP contribution >= 0.6 is 29.3 Å². The highest BCUT2D eigenvalue weighted by molar-refractivity contribution is 7.90. The van der Waals surface area contributed by atoms with Crippen molar-refractivity contribution in [2.75, 3.05) is 11.7 Å². The van der Waals surface area contributed by atoms with E-state index in [1.54, 1.807) is 6.92 Å². The molecule has 0 bridgehead atoms. The van der Waals surface area contributed by atoms with Crippen molar-refractivity contribution >= 4 is 29.3 Å². The lowest BCUT2D eigenvalue weighted by Gasteiger charge is -2.01. The molecule has 0 fully saturated rings. The zero-order chi connectivity index (χ0) is 8.41. The Kier molecular flexibility index (Phi) is 2.63. The number of halogens is 2. The van der Waals surface area contributed by atoms with Gasteiger partial charge in [-0.2, -0.15) is 0 Å². The molecule has 0 aliphatic heterocycles. The van der Waals surface area contributed by atoms with Crippen molar-refractivity contribution in [3.8, 4) is 0 Å². The largest absolute Gasteiger partial charge is 0.305 e. The van der Waals surface area contributed by atoms with Crippen LogP contribution in [0.4, 0.5) is 0 Å². The monoisotopic (exact) mass is 176 g/mol. The molecular weight excluding hydrogens is 166 g/mol. The van der Waals surface area contributed by atoms with Gasteiger partial charge in [-0.3, -0.25) is 0 Å². The molecule has 0 aromatic rings. The lowest BCUT2D eigenvalue weighted by atomic mass is 10.6. The van der Waals surface area contributed by atoms with Crippen LogP contribution < -0.4 is 0 Å². The van der Waals surface area contributed by atoms with Crippen LogP contribution in [0, 0.1) is 0 Å². The normalized spacial score (nSPS) is 23.4. The molecule has 1 unspecified atom stereocenters. The Bertz CT molecular complexity index is 156. The predicted molar refractivity (Wildman–Crippen MR) is 39.3 cm³/mol. The fourth-order valence-electron chi connectivity index (χ4n) is 0.330. The zero-order valence-corrected chi connectivity index (χ0v) is 6.93. The highest BCUT2D eigenvalue weighted by atomic mass is 35.7. The molecule has 0 amide bonds. The van der Waals surface area contributed by atoms with Crippen molar-refractivity contribution < 1.29 is 7.31 Å². The van der Waals surface area contributed by atoms with Gasteiger partial charge in [-0.25, -0.2) is 0 Å². The lowest BCUT2D eigenvalue weighted by Crippen LogP contribution is -1.80. The van der Waals surface area contributed by atoms with E-state index in [-0.39, 0.29) is 6.16 Å². The van der Waals surface area contributed by atoms with Gasteiger partial charge in [-0.05, 0) is 6.42 Å². The Morgan fingerprint density at radius 3 is 2.50 bits per heavy atom. The van der Waals surface area contributed by atoms with Crippen LogP contribution in [0.2, 0.25) is 0 Å². The number of hydrogen-bond donors (Lipinski definition) is 0. The maximum absolute atomic E-state index is 11.1. The van der Waals surface area contributed by atoms with Gasteiger partial charge >= 0.3 is 0 Å². The molecule has 50 valence electrons. The third-order valence-corrected chi connectivity index (χ3v) is 3.75. The molecule has 0 aromatic carbocycles. The molecule has 0 rings (SSSR count). The van der Waals surface area contributed by atoms with E-state index < -0.39 is 12.1 Å². The SMILES string of the molecule is [2H]C([2H])(Cl)P(=O)(Cl)CCC. The molecule has 0 N–H and O–H groups in total. The maximum atomic E-state index is 11.1. The molecule has 8 heavy (non-hydrogen) atoms. The summed E-state index contributed by atoms with van der Waals surface area (Å²) >= 11 is 10.5. The van der Waals surface area contributed by atoms with Crippen molar-refractivity contribution in [2.45, 2.75) is 13.3 Å². The summed E-state index contributed by atoms with van der Waals surface area (Å²) in [5.41, 5.74) is -2.26. The summed E-state index contributed by atoms with van der Waals surface area (Å²) in [4.78, 5) is 0. The average Bonchev–Trinajstić information content (AvgIpc) is 1.61. The van der Waals surface area contributed by atoms with E-state index in [0.717, 1.165) is 0 Å². The van der Waals surface area contributed by atoms with Gasteiger partial charge < -0.3 is 4.57 Å². The minimum Gasteiger partial charge on any atom is -0.305 e. The summed E-state index contributed by atoms with van der Waals surface area (Å²) in [5, 5.41) is 0. The van der Waals surface area contributed by atoms with Crippen molar-refractivity contribution in [1.82, 2.24) is 0 Å². The highest BCUT2D eigenvalue weighted by Crippen LogP contribution is 2.52. The molecule has 0 heterocycles. The van der Waals surface area contributed by atoms with Gasteiger partial charge in [0.25, 0.3) is 0 Å². The van der Waals surface area contributed by atoms with E-state index in [4.69, 9.17) is 25.6 Å². The first-order chi connectivity index (χ1) is 4.31. The molecule has 0 aromatic heterocycles. The Balaban J connectivity index is 4.26. The van der Waals surface area contributed by atoms with Crippen LogP contribution in [0.5, 0.6) is 0 Å². The third-order valence-electron chi connectivity index (χ3n) is 0.637. The summed E-state index contributed by atoms with van der Waals surface area (Å²) in [5.74, 6) is 0. The molecule has 0 spiro atoms. The first-order valence-corrected chi connectivity index (χ1v) is 5.46. The fourth-order valence-corrected chi connectivity index (χ4v) is 1.75. The molecule has 1 nitrogen and oxygen atoms in total. The molecular formula is C4H9Cl2OP. The Morgan fingerprint density at radius 2 is 2.38 bits per heavy atom. The third kappa shape index (κ3) is 3.77. The smallest absolute Gasteiger partial charge is 0.183 e. The van der Waals surface area contributed by atoms with Crippen molar-refractivity contribution in [2.24, 2.45) is 0 Å². The Labute approximate surface area is 62.3 Å². The lowest BCUT2D eigenvalue weighted by molar-refractivity contribution is 0.586. The van der Waals surface area contributed by atoms with Gasteiger partial charge in [-0.15, -0.1) is 11.6 Å². The van der Waals surface area contributed by atoms with E-state index in [2.05, 4.69) is 0 Å². The van der Waals surface area contributed by atoms with Crippen LogP contribution in [0.1, 0.15) is 16.1 Å². The summed E-state index contributed by atoms with van der Waals surface area (Å²) in [7, 11) is 0. The van der Waals surface area contributed by atoms with Crippen LogP contribution in [0.3, 0.4) is 0 Å². The van der Waals surface area contributed by atoms with Gasteiger partial charge in [0.1, 0.15) is 0 Å². The van der Waals surface area contributed by atoms with Crippen LogP contribution in [0.15, 0.2) is 0 Å². The first-order valence-electron chi connectivity index (χ1n) is 3.29. The molecule has 0 aliphatic rings. The van der Waals surface area contributed by atoms with E-state index in [1.165, 1.54) is 0 Å². The highest BCUT2D eigenvalue weighted by Gasteiger charge is 2.13.